The minimum absolute atomic E-state index is 0.246. The summed E-state index contributed by atoms with van der Waals surface area (Å²) >= 11 is 2.16. The summed E-state index contributed by atoms with van der Waals surface area (Å²) in [7, 11) is 0. The Morgan fingerprint density at radius 1 is 0.870 bits per heavy atom. The lowest BCUT2D eigenvalue weighted by molar-refractivity contribution is -0.135. The van der Waals surface area contributed by atoms with Crippen molar-refractivity contribution in [2.75, 3.05) is 11.9 Å². The third-order valence-electron chi connectivity index (χ3n) is 2.91. The van der Waals surface area contributed by atoms with E-state index in [1.54, 1.807) is 24.3 Å². The second-order valence-electron chi connectivity index (χ2n) is 4.61. The number of carboxylic acid groups (broad SMARTS) is 1. The summed E-state index contributed by atoms with van der Waals surface area (Å²) in [5.74, 6) is -1.84. The fourth-order valence-electron chi connectivity index (χ4n) is 1.77. The van der Waals surface area contributed by atoms with E-state index in [0.717, 1.165) is 3.57 Å². The molecule has 0 aliphatic heterocycles. The molecule has 7 heteroatoms. The van der Waals surface area contributed by atoms with Gasteiger partial charge in [-0.1, -0.05) is 0 Å². The minimum atomic E-state index is -1.11. The summed E-state index contributed by atoms with van der Waals surface area (Å²) in [6.45, 7) is -0.440. The zero-order valence-electron chi connectivity index (χ0n) is 11.9. The van der Waals surface area contributed by atoms with Gasteiger partial charge in [-0.15, -0.1) is 0 Å². The number of hydrogen-bond acceptors (Lipinski definition) is 3. The Bertz CT molecular complexity index is 727. The fourth-order valence-corrected chi connectivity index (χ4v) is 2.13. The number of rotatable bonds is 5. The molecule has 2 rings (SSSR count). The second kappa shape index (κ2) is 7.73. The van der Waals surface area contributed by atoms with Crippen LogP contribution in [-0.2, 0) is 4.79 Å². The van der Waals surface area contributed by atoms with Gasteiger partial charge >= 0.3 is 5.97 Å². The lowest BCUT2D eigenvalue weighted by Gasteiger charge is -2.07. The Labute approximate surface area is 146 Å². The van der Waals surface area contributed by atoms with Gasteiger partial charge < -0.3 is 15.7 Å². The van der Waals surface area contributed by atoms with Gasteiger partial charge in [0.1, 0.15) is 6.54 Å². The molecule has 0 unspecified atom stereocenters. The van der Waals surface area contributed by atoms with Crippen molar-refractivity contribution in [2.24, 2.45) is 0 Å². The van der Waals surface area contributed by atoms with E-state index < -0.39 is 18.4 Å². The maximum Gasteiger partial charge on any atom is 0.322 e. The van der Waals surface area contributed by atoms with E-state index in [0.29, 0.717) is 16.8 Å². The predicted octanol–water partition coefficient (Wildman–Crippen LogP) is 2.36. The van der Waals surface area contributed by atoms with Gasteiger partial charge in [0.2, 0.25) is 0 Å². The molecule has 0 saturated heterocycles. The van der Waals surface area contributed by atoms with Crippen LogP contribution in [0.5, 0.6) is 0 Å². The molecule has 2 amide bonds. The second-order valence-corrected chi connectivity index (χ2v) is 5.86. The van der Waals surface area contributed by atoms with Crippen LogP contribution < -0.4 is 10.6 Å². The highest BCUT2D eigenvalue weighted by Crippen LogP contribution is 2.12. The third-order valence-corrected chi connectivity index (χ3v) is 3.63. The molecule has 6 nitrogen and oxygen atoms in total. The van der Waals surface area contributed by atoms with Gasteiger partial charge in [0.15, 0.2) is 0 Å². The number of nitrogens with one attached hydrogen (secondary N) is 2. The number of halogens is 1. The highest BCUT2D eigenvalue weighted by Gasteiger charge is 2.09. The van der Waals surface area contributed by atoms with Crippen LogP contribution >= 0.6 is 22.6 Å². The topological polar surface area (TPSA) is 95.5 Å². The van der Waals surface area contributed by atoms with Gasteiger partial charge in [-0.25, -0.2) is 0 Å². The first kappa shape index (κ1) is 16.9. The molecular weight excluding hydrogens is 411 g/mol. The standard InChI is InChI=1S/C16H13IN2O4/c17-12-5-1-11(2-6-12)16(23)19-13-7-3-10(4-8-13)15(22)18-9-14(20)21/h1-8H,9H2,(H,18,22)(H,19,23)(H,20,21). The fraction of sp³-hybridized carbons (Fsp3) is 0.0625. The monoisotopic (exact) mass is 424 g/mol. The van der Waals surface area contributed by atoms with Crippen LogP contribution in [0.25, 0.3) is 0 Å². The molecule has 0 fully saturated rings. The maximum atomic E-state index is 12.1. The van der Waals surface area contributed by atoms with Gasteiger partial charge in [-0.2, -0.15) is 0 Å². The van der Waals surface area contributed by atoms with Crippen molar-refractivity contribution in [3.63, 3.8) is 0 Å². The van der Waals surface area contributed by atoms with E-state index >= 15 is 0 Å². The van der Waals surface area contributed by atoms with Crippen LogP contribution in [0, 0.1) is 3.57 Å². The zero-order valence-corrected chi connectivity index (χ0v) is 14.0. The Kier molecular flexibility index (Phi) is 5.69. The van der Waals surface area contributed by atoms with Crippen LogP contribution in [0.3, 0.4) is 0 Å². The molecule has 0 spiro atoms. The van der Waals surface area contributed by atoms with Crippen molar-refractivity contribution in [1.29, 1.82) is 0 Å². The quantitative estimate of drug-likeness (QED) is 0.643. The molecule has 0 bridgehead atoms. The van der Waals surface area contributed by atoms with Crippen LogP contribution in [0.4, 0.5) is 5.69 Å². The number of aliphatic carboxylic acids is 1. The summed E-state index contributed by atoms with van der Waals surface area (Å²) in [5, 5.41) is 13.5. The van der Waals surface area contributed by atoms with Gasteiger partial charge in [0.05, 0.1) is 0 Å². The van der Waals surface area contributed by atoms with Gasteiger partial charge in [-0.05, 0) is 71.1 Å². The third kappa shape index (κ3) is 5.06. The number of carboxylic acids is 1. The minimum Gasteiger partial charge on any atom is -0.480 e. The van der Waals surface area contributed by atoms with Crippen LogP contribution in [0.1, 0.15) is 20.7 Å². The summed E-state index contributed by atoms with van der Waals surface area (Å²) in [6, 6.07) is 13.3. The molecular formula is C16H13IN2O4. The van der Waals surface area contributed by atoms with E-state index in [9.17, 15) is 14.4 Å². The van der Waals surface area contributed by atoms with Crippen LogP contribution in [-0.4, -0.2) is 29.4 Å². The van der Waals surface area contributed by atoms with Gasteiger partial charge in [-0.3, -0.25) is 14.4 Å². The summed E-state index contributed by atoms with van der Waals surface area (Å²) in [4.78, 5) is 34.1. The largest absolute Gasteiger partial charge is 0.480 e. The van der Waals surface area contributed by atoms with Crippen molar-refractivity contribution in [2.45, 2.75) is 0 Å². The highest BCUT2D eigenvalue weighted by molar-refractivity contribution is 14.1. The highest BCUT2D eigenvalue weighted by atomic mass is 127. The van der Waals surface area contributed by atoms with E-state index in [2.05, 4.69) is 33.2 Å². The first-order chi connectivity index (χ1) is 11.0. The first-order valence-electron chi connectivity index (χ1n) is 6.62. The molecule has 0 heterocycles. The Hall–Kier alpha value is -2.42. The molecule has 0 radical (unpaired) electrons. The number of hydrogen-bond donors (Lipinski definition) is 3. The predicted molar refractivity (Wildman–Crippen MR) is 93.5 cm³/mol. The van der Waals surface area contributed by atoms with E-state index in [1.165, 1.54) is 12.1 Å². The molecule has 23 heavy (non-hydrogen) atoms. The van der Waals surface area contributed by atoms with Crippen molar-refractivity contribution >= 4 is 46.1 Å². The molecule has 2 aromatic rings. The molecule has 0 atom stereocenters. The molecule has 0 aliphatic carbocycles. The lowest BCUT2D eigenvalue weighted by atomic mass is 10.1. The van der Waals surface area contributed by atoms with Crippen molar-refractivity contribution in [3.8, 4) is 0 Å². The van der Waals surface area contributed by atoms with E-state index in [-0.39, 0.29) is 5.91 Å². The Balaban J connectivity index is 1.99. The normalized spacial score (nSPS) is 9.96. The molecule has 0 aromatic heterocycles. The smallest absolute Gasteiger partial charge is 0.322 e. The Morgan fingerprint density at radius 2 is 1.39 bits per heavy atom. The lowest BCUT2D eigenvalue weighted by Crippen LogP contribution is -2.29. The van der Waals surface area contributed by atoms with Crippen LogP contribution in [0.2, 0.25) is 0 Å². The van der Waals surface area contributed by atoms with Crippen LogP contribution in [0.15, 0.2) is 48.5 Å². The molecule has 2 aromatic carbocycles. The number of benzene rings is 2. The molecule has 3 N–H and O–H groups in total. The number of anilines is 1. The average Bonchev–Trinajstić information content (AvgIpc) is 2.54. The molecule has 118 valence electrons. The number of carbonyl (C=O) groups is 3. The molecule has 0 aliphatic rings. The SMILES string of the molecule is O=C(O)CNC(=O)c1ccc(NC(=O)c2ccc(I)cc2)cc1. The first-order valence-corrected chi connectivity index (χ1v) is 7.70. The summed E-state index contributed by atoms with van der Waals surface area (Å²) in [5.41, 5.74) is 1.40. The number of amides is 2. The number of carbonyl (C=O) groups excluding carboxylic acids is 2. The van der Waals surface area contributed by atoms with Crippen molar-refractivity contribution in [3.05, 3.63) is 63.2 Å². The Morgan fingerprint density at radius 3 is 1.96 bits per heavy atom. The van der Waals surface area contributed by atoms with E-state index in [4.69, 9.17) is 5.11 Å². The van der Waals surface area contributed by atoms with Gasteiger partial charge in [0.25, 0.3) is 11.8 Å². The summed E-state index contributed by atoms with van der Waals surface area (Å²) in [6.07, 6.45) is 0. The maximum absolute atomic E-state index is 12.1. The van der Waals surface area contributed by atoms with E-state index in [1.807, 2.05) is 12.1 Å². The van der Waals surface area contributed by atoms with Crippen molar-refractivity contribution in [1.82, 2.24) is 5.32 Å². The summed E-state index contributed by atoms with van der Waals surface area (Å²) < 4.78 is 1.04. The molecule has 0 saturated carbocycles. The average molecular weight is 424 g/mol. The zero-order chi connectivity index (χ0) is 16.8. The van der Waals surface area contributed by atoms with Gasteiger partial charge in [0, 0.05) is 20.4 Å². The van der Waals surface area contributed by atoms with Crippen molar-refractivity contribution < 1.29 is 19.5 Å².